The predicted molar refractivity (Wildman–Crippen MR) is 90.6 cm³/mol. The van der Waals surface area contributed by atoms with Gasteiger partial charge in [0, 0.05) is 29.9 Å². The van der Waals surface area contributed by atoms with Gasteiger partial charge in [0.15, 0.2) is 0 Å². The molecule has 0 saturated carbocycles. The SMILES string of the molecule is c1ccc(CNCCSc2ccc3ccccc3c2)nc1. The summed E-state index contributed by atoms with van der Waals surface area (Å²) in [4.78, 5) is 5.63. The fourth-order valence-corrected chi connectivity index (χ4v) is 3.07. The lowest BCUT2D eigenvalue weighted by Gasteiger charge is -2.05. The van der Waals surface area contributed by atoms with Gasteiger partial charge in [0.2, 0.25) is 0 Å². The van der Waals surface area contributed by atoms with Gasteiger partial charge in [-0.3, -0.25) is 4.98 Å². The Hall–Kier alpha value is -1.84. The number of rotatable bonds is 6. The van der Waals surface area contributed by atoms with Gasteiger partial charge in [-0.2, -0.15) is 0 Å². The van der Waals surface area contributed by atoms with Crippen LogP contribution in [0.4, 0.5) is 0 Å². The Morgan fingerprint density at radius 2 is 1.76 bits per heavy atom. The summed E-state index contributed by atoms with van der Waals surface area (Å²) in [6.45, 7) is 1.81. The molecular weight excluding hydrogens is 276 g/mol. The summed E-state index contributed by atoms with van der Waals surface area (Å²) in [5.41, 5.74) is 1.09. The Bertz CT molecular complexity index is 698. The van der Waals surface area contributed by atoms with Gasteiger partial charge in [-0.25, -0.2) is 0 Å². The van der Waals surface area contributed by atoms with E-state index in [9.17, 15) is 0 Å². The molecule has 1 N–H and O–H groups in total. The molecule has 0 aliphatic heterocycles. The second-order valence-corrected chi connectivity index (χ2v) is 6.02. The Morgan fingerprint density at radius 3 is 2.62 bits per heavy atom. The monoisotopic (exact) mass is 294 g/mol. The van der Waals surface area contributed by atoms with E-state index in [2.05, 4.69) is 52.8 Å². The van der Waals surface area contributed by atoms with E-state index in [1.165, 1.54) is 15.7 Å². The molecule has 0 unspecified atom stereocenters. The van der Waals surface area contributed by atoms with Crippen LogP contribution in [0.25, 0.3) is 10.8 Å². The van der Waals surface area contributed by atoms with Crippen molar-refractivity contribution in [3.63, 3.8) is 0 Å². The minimum atomic E-state index is 0.832. The summed E-state index contributed by atoms with van der Waals surface area (Å²) in [7, 11) is 0. The third kappa shape index (κ3) is 4.06. The minimum Gasteiger partial charge on any atom is -0.310 e. The van der Waals surface area contributed by atoms with Crippen molar-refractivity contribution in [2.45, 2.75) is 11.4 Å². The molecule has 0 atom stereocenters. The zero-order valence-electron chi connectivity index (χ0n) is 11.8. The third-order valence-corrected chi connectivity index (χ3v) is 4.30. The number of hydrogen-bond acceptors (Lipinski definition) is 3. The van der Waals surface area contributed by atoms with Gasteiger partial charge in [0.05, 0.1) is 5.69 Å². The Kier molecular flexibility index (Phi) is 4.87. The fraction of sp³-hybridized carbons (Fsp3) is 0.167. The zero-order valence-corrected chi connectivity index (χ0v) is 12.6. The smallest absolute Gasteiger partial charge is 0.0541 e. The van der Waals surface area contributed by atoms with Gasteiger partial charge in [-0.05, 0) is 35.0 Å². The number of benzene rings is 2. The molecule has 0 fully saturated rings. The van der Waals surface area contributed by atoms with Crippen LogP contribution in [0.1, 0.15) is 5.69 Å². The van der Waals surface area contributed by atoms with E-state index in [-0.39, 0.29) is 0 Å². The van der Waals surface area contributed by atoms with E-state index in [0.29, 0.717) is 0 Å². The number of nitrogens with zero attached hydrogens (tertiary/aromatic N) is 1. The van der Waals surface area contributed by atoms with Crippen molar-refractivity contribution in [1.82, 2.24) is 10.3 Å². The summed E-state index contributed by atoms with van der Waals surface area (Å²) in [5.74, 6) is 1.06. The lowest BCUT2D eigenvalue weighted by atomic mass is 10.1. The van der Waals surface area contributed by atoms with E-state index >= 15 is 0 Å². The number of thioether (sulfide) groups is 1. The molecule has 0 aliphatic carbocycles. The van der Waals surface area contributed by atoms with Crippen molar-refractivity contribution >= 4 is 22.5 Å². The summed E-state index contributed by atoms with van der Waals surface area (Å²) in [5, 5.41) is 6.04. The van der Waals surface area contributed by atoms with Gasteiger partial charge in [-0.1, -0.05) is 36.4 Å². The normalized spacial score (nSPS) is 10.9. The third-order valence-electron chi connectivity index (χ3n) is 3.30. The first-order chi connectivity index (χ1) is 10.4. The molecule has 1 heterocycles. The molecule has 0 radical (unpaired) electrons. The van der Waals surface area contributed by atoms with Crippen LogP contribution >= 0.6 is 11.8 Å². The van der Waals surface area contributed by atoms with Gasteiger partial charge in [0.1, 0.15) is 0 Å². The van der Waals surface area contributed by atoms with Crippen molar-refractivity contribution in [3.8, 4) is 0 Å². The first-order valence-electron chi connectivity index (χ1n) is 7.14. The molecule has 0 saturated heterocycles. The number of fused-ring (bicyclic) bond motifs is 1. The van der Waals surface area contributed by atoms with Crippen LogP contribution in [-0.2, 0) is 6.54 Å². The van der Waals surface area contributed by atoms with Crippen LogP contribution in [0, 0.1) is 0 Å². The number of hydrogen-bond donors (Lipinski definition) is 1. The standard InChI is InChI=1S/C18H18N2S/c1-2-6-16-13-18(9-8-15(16)5-1)21-12-11-19-14-17-7-3-4-10-20-17/h1-10,13,19H,11-12,14H2. The lowest BCUT2D eigenvalue weighted by molar-refractivity contribution is 0.715. The Morgan fingerprint density at radius 1 is 0.905 bits per heavy atom. The quantitative estimate of drug-likeness (QED) is 0.547. The molecule has 106 valence electrons. The highest BCUT2D eigenvalue weighted by Gasteiger charge is 1.97. The van der Waals surface area contributed by atoms with Gasteiger partial charge >= 0.3 is 0 Å². The lowest BCUT2D eigenvalue weighted by Crippen LogP contribution is -2.17. The average Bonchev–Trinajstić information content (AvgIpc) is 2.55. The van der Waals surface area contributed by atoms with Crippen LogP contribution in [0.2, 0.25) is 0 Å². The maximum atomic E-state index is 4.30. The molecule has 1 aromatic heterocycles. The van der Waals surface area contributed by atoms with Gasteiger partial charge < -0.3 is 5.32 Å². The summed E-state index contributed by atoms with van der Waals surface area (Å²) < 4.78 is 0. The van der Waals surface area contributed by atoms with Crippen LogP contribution in [0.15, 0.2) is 71.8 Å². The van der Waals surface area contributed by atoms with E-state index < -0.39 is 0 Å². The van der Waals surface area contributed by atoms with Crippen molar-refractivity contribution in [3.05, 3.63) is 72.6 Å². The molecule has 2 aromatic carbocycles. The van der Waals surface area contributed by atoms with E-state index in [0.717, 1.165) is 24.5 Å². The summed E-state index contributed by atoms with van der Waals surface area (Å²) in [6.07, 6.45) is 1.83. The number of aromatic nitrogens is 1. The Labute approximate surface area is 129 Å². The van der Waals surface area contributed by atoms with Crippen LogP contribution in [0.5, 0.6) is 0 Å². The first kappa shape index (κ1) is 14.1. The molecule has 0 aliphatic rings. The van der Waals surface area contributed by atoms with Crippen LogP contribution < -0.4 is 5.32 Å². The predicted octanol–water partition coefficient (Wildman–Crippen LogP) is 4.12. The molecule has 3 aromatic rings. The molecule has 2 nitrogen and oxygen atoms in total. The molecular formula is C18H18N2S. The highest BCUT2D eigenvalue weighted by Crippen LogP contribution is 2.23. The van der Waals surface area contributed by atoms with E-state index in [4.69, 9.17) is 0 Å². The first-order valence-corrected chi connectivity index (χ1v) is 8.12. The molecule has 3 heteroatoms. The molecule has 0 spiro atoms. The van der Waals surface area contributed by atoms with Crippen LogP contribution in [0.3, 0.4) is 0 Å². The van der Waals surface area contributed by atoms with E-state index in [1.807, 2.05) is 36.2 Å². The van der Waals surface area contributed by atoms with Gasteiger partial charge in [-0.15, -0.1) is 11.8 Å². The minimum absolute atomic E-state index is 0.832. The second-order valence-electron chi connectivity index (χ2n) is 4.86. The van der Waals surface area contributed by atoms with Crippen molar-refractivity contribution in [1.29, 1.82) is 0 Å². The second kappa shape index (κ2) is 7.25. The van der Waals surface area contributed by atoms with Crippen molar-refractivity contribution < 1.29 is 0 Å². The summed E-state index contributed by atoms with van der Waals surface area (Å²) >= 11 is 1.89. The molecule has 0 bridgehead atoms. The van der Waals surface area contributed by atoms with E-state index in [1.54, 1.807) is 0 Å². The number of pyridine rings is 1. The molecule has 21 heavy (non-hydrogen) atoms. The van der Waals surface area contributed by atoms with Crippen molar-refractivity contribution in [2.24, 2.45) is 0 Å². The fourth-order valence-electron chi connectivity index (χ4n) is 2.22. The maximum absolute atomic E-state index is 4.30. The molecule has 3 rings (SSSR count). The summed E-state index contributed by atoms with van der Waals surface area (Å²) in [6, 6.07) is 21.2. The zero-order chi connectivity index (χ0) is 14.3. The van der Waals surface area contributed by atoms with Crippen molar-refractivity contribution in [2.75, 3.05) is 12.3 Å². The average molecular weight is 294 g/mol. The highest BCUT2D eigenvalue weighted by atomic mass is 32.2. The largest absolute Gasteiger partial charge is 0.310 e. The Balaban J connectivity index is 1.46. The van der Waals surface area contributed by atoms with Gasteiger partial charge in [0.25, 0.3) is 0 Å². The highest BCUT2D eigenvalue weighted by molar-refractivity contribution is 7.99. The molecule has 0 amide bonds. The topological polar surface area (TPSA) is 24.9 Å². The number of nitrogens with one attached hydrogen (secondary N) is 1. The maximum Gasteiger partial charge on any atom is 0.0541 e. The van der Waals surface area contributed by atoms with Crippen LogP contribution in [-0.4, -0.2) is 17.3 Å².